The van der Waals surface area contributed by atoms with Crippen LogP contribution < -0.4 is 10.1 Å². The summed E-state index contributed by atoms with van der Waals surface area (Å²) >= 11 is 0. The van der Waals surface area contributed by atoms with Gasteiger partial charge in [0.2, 0.25) is 12.2 Å². The highest BCUT2D eigenvalue weighted by molar-refractivity contribution is 5.79. The highest BCUT2D eigenvalue weighted by Crippen LogP contribution is 2.35. The summed E-state index contributed by atoms with van der Waals surface area (Å²) in [5.41, 5.74) is 2.43. The molecule has 2 aliphatic rings. The molecule has 0 bridgehead atoms. The zero-order valence-corrected chi connectivity index (χ0v) is 22.0. The van der Waals surface area contributed by atoms with E-state index in [1.165, 1.54) is 0 Å². The van der Waals surface area contributed by atoms with Gasteiger partial charge >= 0.3 is 0 Å². The molecular weight excluding hydrogens is 526 g/mol. The summed E-state index contributed by atoms with van der Waals surface area (Å²) in [7, 11) is 1.57. The maximum atomic E-state index is 11.8. The van der Waals surface area contributed by atoms with Crippen LogP contribution in [0.3, 0.4) is 0 Å². The van der Waals surface area contributed by atoms with E-state index in [-0.39, 0.29) is 18.7 Å². The van der Waals surface area contributed by atoms with Gasteiger partial charge in [-0.05, 0) is 35.2 Å². The number of hydrogen-bond donors (Lipinski definition) is 8. The van der Waals surface area contributed by atoms with Crippen LogP contribution >= 0.6 is 0 Å². The van der Waals surface area contributed by atoms with E-state index < -0.39 is 74.3 Å². The van der Waals surface area contributed by atoms with Crippen molar-refractivity contribution in [1.29, 1.82) is 0 Å². The molecule has 2 heterocycles. The van der Waals surface area contributed by atoms with Crippen molar-refractivity contribution in [2.45, 2.75) is 68.0 Å². The summed E-state index contributed by atoms with van der Waals surface area (Å²) in [6, 6.07) is 14.4. The first-order chi connectivity index (χ1) is 19.2. The Labute approximate surface area is 231 Å². The Hall–Kier alpha value is -2.65. The van der Waals surface area contributed by atoms with Crippen molar-refractivity contribution < 1.29 is 54.8 Å². The lowest BCUT2D eigenvalue weighted by atomic mass is 9.81. The number of hydrogen-bond acceptors (Lipinski definition) is 11. The minimum atomic E-state index is -1.61. The number of carbonyl (C=O) groups is 1. The molecule has 0 saturated carbocycles. The van der Waals surface area contributed by atoms with Gasteiger partial charge in [-0.15, -0.1) is 0 Å². The van der Waals surface area contributed by atoms with Crippen LogP contribution in [-0.2, 0) is 20.7 Å². The molecule has 0 unspecified atom stereocenters. The number of aliphatic hydroxyl groups is 7. The maximum Gasteiger partial charge on any atom is 0.226 e. The molecule has 0 aromatic heterocycles. The van der Waals surface area contributed by atoms with Crippen LogP contribution in [0.2, 0.25) is 0 Å². The van der Waals surface area contributed by atoms with Gasteiger partial charge in [-0.2, -0.15) is 0 Å². The largest absolute Gasteiger partial charge is 0.462 e. The molecule has 8 N–H and O–H groups in total. The van der Waals surface area contributed by atoms with Crippen LogP contribution in [0.1, 0.15) is 12.0 Å². The highest BCUT2D eigenvalue weighted by Gasteiger charge is 2.50. The van der Waals surface area contributed by atoms with Crippen molar-refractivity contribution in [3.8, 4) is 16.9 Å². The van der Waals surface area contributed by atoms with Crippen molar-refractivity contribution in [1.82, 2.24) is 5.32 Å². The molecule has 0 radical (unpaired) electrons. The van der Waals surface area contributed by atoms with Gasteiger partial charge in [0.15, 0.2) is 0 Å². The normalized spacial score (nSPS) is 34.3. The Morgan fingerprint density at radius 3 is 2.10 bits per heavy atom. The van der Waals surface area contributed by atoms with E-state index in [1.54, 1.807) is 25.2 Å². The Morgan fingerprint density at radius 1 is 0.800 bits per heavy atom. The molecule has 12 nitrogen and oxygen atoms in total. The molecule has 220 valence electrons. The monoisotopic (exact) mass is 563 g/mol. The first-order valence-corrected chi connectivity index (χ1v) is 13.2. The lowest BCUT2D eigenvalue weighted by molar-refractivity contribution is -0.278. The van der Waals surface area contributed by atoms with Crippen LogP contribution in [0.4, 0.5) is 0 Å². The molecule has 40 heavy (non-hydrogen) atoms. The van der Waals surface area contributed by atoms with Crippen molar-refractivity contribution >= 4 is 5.91 Å². The third-order valence-electron chi connectivity index (χ3n) is 7.51. The van der Waals surface area contributed by atoms with E-state index in [1.807, 2.05) is 30.3 Å². The first kappa shape index (κ1) is 30.3. The number of aliphatic hydroxyl groups excluding tert-OH is 7. The molecule has 2 aromatic carbocycles. The fourth-order valence-electron chi connectivity index (χ4n) is 5.20. The molecule has 12 heteroatoms. The van der Waals surface area contributed by atoms with E-state index in [9.17, 15) is 40.5 Å². The molecule has 10 atom stereocenters. The maximum absolute atomic E-state index is 11.8. The van der Waals surface area contributed by atoms with Gasteiger partial charge in [0, 0.05) is 13.0 Å². The number of likely N-dealkylation sites (N-methyl/N-ethyl adjacent to an activating group) is 1. The summed E-state index contributed by atoms with van der Waals surface area (Å²) in [6.07, 6.45) is -12.2. The Balaban J connectivity index is 1.51. The molecule has 0 aliphatic carbocycles. The standard InChI is InChI=1S/C28H37NO11/c1-29-22(32)9-14-4-2-5-15(8-14)16-6-3-7-17(10-16)38-28-24(34)18(23(33)20(12-30)40-28)11-19-25(35)27(37)26(36)21(13-31)39-19/h2-8,10,18-21,23-28,30-31,33-37H,9,11-13H2,1H3,(H,29,32)/t18-,19+,20+,21+,23-,24-,25+,26+,27+,28-/m0/s1. The zero-order valence-electron chi connectivity index (χ0n) is 22.0. The van der Waals surface area contributed by atoms with E-state index in [0.717, 1.165) is 16.7 Å². The average molecular weight is 564 g/mol. The van der Waals surface area contributed by atoms with Gasteiger partial charge in [-0.3, -0.25) is 4.79 Å². The lowest BCUT2D eigenvalue weighted by Gasteiger charge is -2.46. The van der Waals surface area contributed by atoms with E-state index in [4.69, 9.17) is 14.2 Å². The molecule has 4 rings (SSSR count). The molecule has 2 saturated heterocycles. The predicted molar refractivity (Wildman–Crippen MR) is 140 cm³/mol. The number of rotatable bonds is 9. The van der Waals surface area contributed by atoms with E-state index in [2.05, 4.69) is 5.32 Å². The summed E-state index contributed by atoms with van der Waals surface area (Å²) < 4.78 is 17.2. The third-order valence-corrected chi connectivity index (χ3v) is 7.51. The van der Waals surface area contributed by atoms with Crippen LogP contribution in [0.5, 0.6) is 5.75 Å². The number of ether oxygens (including phenoxy) is 3. The highest BCUT2D eigenvalue weighted by atomic mass is 16.7. The number of carbonyl (C=O) groups excluding carboxylic acids is 1. The summed E-state index contributed by atoms with van der Waals surface area (Å²) in [6.45, 7) is -1.20. The average Bonchev–Trinajstić information content (AvgIpc) is 2.96. The van der Waals surface area contributed by atoms with Gasteiger partial charge in [0.05, 0.1) is 31.8 Å². The van der Waals surface area contributed by atoms with Crippen LogP contribution in [0, 0.1) is 5.92 Å². The second kappa shape index (κ2) is 13.3. The predicted octanol–water partition coefficient (Wildman–Crippen LogP) is -1.69. The van der Waals surface area contributed by atoms with Gasteiger partial charge in [-0.1, -0.05) is 36.4 Å². The lowest BCUT2D eigenvalue weighted by Crippen LogP contribution is -2.62. The van der Waals surface area contributed by atoms with E-state index >= 15 is 0 Å². The topological polar surface area (TPSA) is 198 Å². The zero-order chi connectivity index (χ0) is 29.0. The van der Waals surface area contributed by atoms with Gasteiger partial charge in [0.25, 0.3) is 0 Å². The van der Waals surface area contributed by atoms with Crippen molar-refractivity contribution in [3.63, 3.8) is 0 Å². The summed E-state index contributed by atoms with van der Waals surface area (Å²) in [4.78, 5) is 11.8. The van der Waals surface area contributed by atoms with Crippen LogP contribution in [0.15, 0.2) is 48.5 Å². The van der Waals surface area contributed by atoms with Crippen molar-refractivity contribution in [3.05, 3.63) is 54.1 Å². The van der Waals surface area contributed by atoms with E-state index in [0.29, 0.717) is 5.75 Å². The summed E-state index contributed by atoms with van der Waals surface area (Å²) in [5.74, 6) is -0.809. The quantitative estimate of drug-likeness (QED) is 0.173. The molecule has 2 aliphatic heterocycles. The minimum Gasteiger partial charge on any atom is -0.462 e. The molecule has 0 spiro atoms. The van der Waals surface area contributed by atoms with Crippen molar-refractivity contribution in [2.75, 3.05) is 20.3 Å². The fraction of sp³-hybridized carbons (Fsp3) is 0.536. The molecule has 2 fully saturated rings. The fourth-order valence-corrected chi connectivity index (χ4v) is 5.20. The van der Waals surface area contributed by atoms with Gasteiger partial charge < -0.3 is 55.3 Å². The van der Waals surface area contributed by atoms with Gasteiger partial charge in [0.1, 0.15) is 42.4 Å². The second-order valence-corrected chi connectivity index (χ2v) is 10.2. The van der Waals surface area contributed by atoms with Gasteiger partial charge in [-0.25, -0.2) is 0 Å². The first-order valence-electron chi connectivity index (χ1n) is 13.2. The SMILES string of the molecule is CNC(=O)Cc1cccc(-c2cccc(O[C@H]3O[C@H](CO)[C@@H](O)[C@H](C[C@H]4O[C@H](CO)[C@@H](O)[C@H](O)[C@@H]4O)[C@@H]3O)c2)c1. The van der Waals surface area contributed by atoms with Crippen LogP contribution in [-0.4, -0.2) is 117 Å². The third kappa shape index (κ3) is 6.62. The number of benzene rings is 2. The minimum absolute atomic E-state index is 0.114. The Morgan fingerprint density at radius 2 is 1.43 bits per heavy atom. The van der Waals surface area contributed by atoms with Crippen LogP contribution in [0.25, 0.3) is 11.1 Å². The smallest absolute Gasteiger partial charge is 0.226 e. The summed E-state index contributed by atoms with van der Waals surface area (Å²) in [5, 5.41) is 74.5. The Bertz CT molecular complexity index is 1130. The second-order valence-electron chi connectivity index (χ2n) is 10.2. The number of amides is 1. The number of nitrogens with one attached hydrogen (secondary N) is 1. The molecular formula is C28H37NO11. The Kier molecular flexibility index (Phi) is 10.1. The molecule has 1 amide bonds. The molecule has 2 aromatic rings. The van der Waals surface area contributed by atoms with Crippen molar-refractivity contribution in [2.24, 2.45) is 5.92 Å².